The first-order valence-corrected chi connectivity index (χ1v) is 7.89. The molecule has 0 aliphatic heterocycles. The second-order valence-electron chi connectivity index (χ2n) is 6.14. The summed E-state index contributed by atoms with van der Waals surface area (Å²) in [5, 5.41) is 2.88. The van der Waals surface area contributed by atoms with E-state index in [4.69, 9.17) is 0 Å². The van der Waals surface area contributed by atoms with Gasteiger partial charge >= 0.3 is 0 Å². The van der Waals surface area contributed by atoms with E-state index in [1.54, 1.807) is 31.4 Å². The van der Waals surface area contributed by atoms with Crippen molar-refractivity contribution in [2.24, 2.45) is 0 Å². The van der Waals surface area contributed by atoms with Crippen LogP contribution in [-0.2, 0) is 11.3 Å². The number of aromatic nitrogens is 2. The van der Waals surface area contributed by atoms with Gasteiger partial charge in [0, 0.05) is 38.6 Å². The predicted octanol–water partition coefficient (Wildman–Crippen LogP) is 2.09. The maximum absolute atomic E-state index is 13.0. The fourth-order valence-electron chi connectivity index (χ4n) is 2.63. The third-order valence-corrected chi connectivity index (χ3v) is 3.83. The number of aryl methyl sites for hydroxylation is 1. The molecule has 1 heterocycles. The van der Waals surface area contributed by atoms with Gasteiger partial charge in [0.2, 0.25) is 11.9 Å². The largest absolute Gasteiger partial charge is 0.357 e. The van der Waals surface area contributed by atoms with Crippen LogP contribution >= 0.6 is 0 Å². The van der Waals surface area contributed by atoms with E-state index in [0.717, 1.165) is 16.7 Å². The highest BCUT2D eigenvalue weighted by molar-refractivity contribution is 5.83. The number of benzene rings is 1. The Bertz CT molecular complexity index is 684. The van der Waals surface area contributed by atoms with Crippen molar-refractivity contribution in [1.82, 2.24) is 19.8 Å². The van der Waals surface area contributed by atoms with Crippen LogP contribution in [0.1, 0.15) is 22.7 Å². The van der Waals surface area contributed by atoms with E-state index < -0.39 is 0 Å². The average molecular weight is 327 g/mol. The van der Waals surface area contributed by atoms with E-state index in [1.807, 2.05) is 44.1 Å². The topological polar surface area (TPSA) is 61.4 Å². The van der Waals surface area contributed by atoms with Crippen LogP contribution in [0, 0.1) is 6.92 Å². The summed E-state index contributed by atoms with van der Waals surface area (Å²) >= 11 is 0. The lowest BCUT2D eigenvalue weighted by molar-refractivity contribution is -0.135. The lowest BCUT2D eigenvalue weighted by Gasteiger charge is -2.28. The van der Waals surface area contributed by atoms with E-state index in [-0.39, 0.29) is 11.9 Å². The predicted molar refractivity (Wildman–Crippen MR) is 95.7 cm³/mol. The third-order valence-electron chi connectivity index (χ3n) is 3.83. The number of likely N-dealkylation sites (N-methyl/N-ethyl adjacent to an activating group) is 2. The minimum absolute atomic E-state index is 0.0447. The number of nitrogens with one attached hydrogen (secondary N) is 1. The Hall–Kier alpha value is -2.47. The lowest BCUT2D eigenvalue weighted by atomic mass is 10.0. The molecule has 1 amide bonds. The lowest BCUT2D eigenvalue weighted by Crippen LogP contribution is -2.38. The Morgan fingerprint density at radius 1 is 1.21 bits per heavy atom. The number of carbonyl (C=O) groups excluding carboxylic acids is 1. The zero-order valence-electron chi connectivity index (χ0n) is 14.9. The molecule has 6 heteroatoms. The standard InChI is InChI=1S/C18H25N5O/c1-13-7-6-8-15(9-13)16(22(3)4)17(24)23(5)12-14-10-20-18(19-2)21-11-14/h6-11,16H,12H2,1-5H3,(H,19,20,21)/t16-/m1/s1. The number of carbonyl (C=O) groups is 1. The smallest absolute Gasteiger partial charge is 0.244 e. The monoisotopic (exact) mass is 327 g/mol. The molecule has 1 N–H and O–H groups in total. The molecule has 0 saturated heterocycles. The van der Waals surface area contributed by atoms with Gasteiger partial charge in [0.05, 0.1) is 0 Å². The van der Waals surface area contributed by atoms with Crippen LogP contribution in [0.15, 0.2) is 36.7 Å². The molecule has 0 spiro atoms. The van der Waals surface area contributed by atoms with Crippen LogP contribution in [0.2, 0.25) is 0 Å². The summed E-state index contributed by atoms with van der Waals surface area (Å²) in [7, 11) is 7.42. The second kappa shape index (κ2) is 7.88. The van der Waals surface area contributed by atoms with Crippen molar-refractivity contribution in [3.8, 4) is 0 Å². The van der Waals surface area contributed by atoms with E-state index in [9.17, 15) is 4.79 Å². The van der Waals surface area contributed by atoms with Gasteiger partial charge in [-0.05, 0) is 26.6 Å². The Morgan fingerprint density at radius 3 is 2.42 bits per heavy atom. The van der Waals surface area contributed by atoms with Gasteiger partial charge in [-0.1, -0.05) is 29.8 Å². The molecule has 0 unspecified atom stereocenters. The number of hydrogen-bond donors (Lipinski definition) is 1. The summed E-state index contributed by atoms with van der Waals surface area (Å²) < 4.78 is 0. The molecule has 1 aromatic carbocycles. The summed E-state index contributed by atoms with van der Waals surface area (Å²) in [5.74, 6) is 0.613. The van der Waals surface area contributed by atoms with Gasteiger partial charge in [-0.15, -0.1) is 0 Å². The second-order valence-corrected chi connectivity index (χ2v) is 6.14. The van der Waals surface area contributed by atoms with Crippen molar-refractivity contribution in [1.29, 1.82) is 0 Å². The number of rotatable bonds is 6. The number of nitrogens with zero attached hydrogens (tertiary/aromatic N) is 4. The van der Waals surface area contributed by atoms with Crippen molar-refractivity contribution < 1.29 is 4.79 Å². The van der Waals surface area contributed by atoms with Gasteiger partial charge < -0.3 is 10.2 Å². The van der Waals surface area contributed by atoms with E-state index in [0.29, 0.717) is 12.5 Å². The fraction of sp³-hybridized carbons (Fsp3) is 0.389. The molecule has 1 aromatic heterocycles. The van der Waals surface area contributed by atoms with E-state index in [1.165, 1.54) is 0 Å². The number of anilines is 1. The van der Waals surface area contributed by atoms with Crippen molar-refractivity contribution in [3.63, 3.8) is 0 Å². The van der Waals surface area contributed by atoms with E-state index in [2.05, 4.69) is 21.4 Å². The molecule has 0 bridgehead atoms. The van der Waals surface area contributed by atoms with Gasteiger partial charge in [-0.3, -0.25) is 9.69 Å². The zero-order chi connectivity index (χ0) is 17.7. The molecule has 2 aromatic rings. The molecule has 6 nitrogen and oxygen atoms in total. The van der Waals surface area contributed by atoms with Crippen molar-refractivity contribution in [3.05, 3.63) is 53.3 Å². The van der Waals surface area contributed by atoms with Gasteiger partial charge in [0.25, 0.3) is 0 Å². The van der Waals surface area contributed by atoms with Crippen LogP contribution in [0.25, 0.3) is 0 Å². The highest BCUT2D eigenvalue weighted by Gasteiger charge is 2.26. The van der Waals surface area contributed by atoms with Crippen LogP contribution in [0.3, 0.4) is 0 Å². The molecule has 0 radical (unpaired) electrons. The van der Waals surface area contributed by atoms with Crippen molar-refractivity contribution in [2.45, 2.75) is 19.5 Å². The summed E-state index contributed by atoms with van der Waals surface area (Å²) in [6, 6.07) is 7.76. The summed E-state index contributed by atoms with van der Waals surface area (Å²) in [4.78, 5) is 25.0. The first-order valence-electron chi connectivity index (χ1n) is 7.89. The molecule has 0 aliphatic rings. The molecule has 128 valence electrons. The van der Waals surface area contributed by atoms with Gasteiger partial charge in [0.1, 0.15) is 6.04 Å². The molecule has 0 fully saturated rings. The van der Waals surface area contributed by atoms with Gasteiger partial charge in [0.15, 0.2) is 0 Å². The Balaban J connectivity index is 2.16. The van der Waals surface area contributed by atoms with E-state index >= 15 is 0 Å². The Labute approximate surface area is 143 Å². The van der Waals surface area contributed by atoms with Crippen molar-refractivity contribution in [2.75, 3.05) is 33.5 Å². The fourth-order valence-corrected chi connectivity index (χ4v) is 2.63. The SMILES string of the molecule is CNc1ncc(CN(C)C(=O)[C@@H](c2cccc(C)c2)N(C)C)cn1. The van der Waals surface area contributed by atoms with Crippen LogP contribution < -0.4 is 5.32 Å². The minimum atomic E-state index is -0.313. The maximum Gasteiger partial charge on any atom is 0.244 e. The van der Waals surface area contributed by atoms with Crippen LogP contribution in [-0.4, -0.2) is 53.9 Å². The molecular formula is C18H25N5O. The first-order chi connectivity index (χ1) is 11.4. The first kappa shape index (κ1) is 17.9. The average Bonchev–Trinajstić information content (AvgIpc) is 2.55. The van der Waals surface area contributed by atoms with Gasteiger partial charge in [-0.25, -0.2) is 9.97 Å². The summed E-state index contributed by atoms with van der Waals surface area (Å²) in [5.41, 5.74) is 3.04. The third kappa shape index (κ3) is 4.29. The van der Waals surface area contributed by atoms with Gasteiger partial charge in [-0.2, -0.15) is 0 Å². The molecule has 2 rings (SSSR count). The molecule has 24 heavy (non-hydrogen) atoms. The summed E-state index contributed by atoms with van der Waals surface area (Å²) in [6.45, 7) is 2.50. The Morgan fingerprint density at radius 2 is 1.88 bits per heavy atom. The number of hydrogen-bond acceptors (Lipinski definition) is 5. The molecule has 0 saturated carbocycles. The Kier molecular flexibility index (Phi) is 5.87. The van der Waals surface area contributed by atoms with Crippen LogP contribution in [0.5, 0.6) is 0 Å². The zero-order valence-corrected chi connectivity index (χ0v) is 14.9. The van der Waals surface area contributed by atoms with Crippen LogP contribution in [0.4, 0.5) is 5.95 Å². The molecule has 1 atom stereocenters. The molecule has 0 aliphatic carbocycles. The minimum Gasteiger partial charge on any atom is -0.357 e. The quantitative estimate of drug-likeness (QED) is 0.880. The normalized spacial score (nSPS) is 12.1. The highest BCUT2D eigenvalue weighted by Crippen LogP contribution is 2.22. The highest BCUT2D eigenvalue weighted by atomic mass is 16.2. The number of amides is 1. The summed E-state index contributed by atoms with van der Waals surface area (Å²) in [6.07, 6.45) is 3.47. The maximum atomic E-state index is 13.0. The van der Waals surface area contributed by atoms with Crippen molar-refractivity contribution >= 4 is 11.9 Å². The molecular weight excluding hydrogens is 302 g/mol.